The molecule has 1 unspecified atom stereocenters. The minimum atomic E-state index is -1.02. The van der Waals surface area contributed by atoms with E-state index in [-0.39, 0.29) is 5.96 Å². The van der Waals surface area contributed by atoms with Crippen LogP contribution in [0.2, 0.25) is 5.02 Å². The summed E-state index contributed by atoms with van der Waals surface area (Å²) in [6.07, 6.45) is 5.37. The van der Waals surface area contributed by atoms with Gasteiger partial charge in [0.1, 0.15) is 12.4 Å². The maximum atomic E-state index is 6.26. The summed E-state index contributed by atoms with van der Waals surface area (Å²) in [6.45, 7) is 4.47. The lowest BCUT2D eigenvalue weighted by atomic mass is 10.00. The number of ether oxygens (including phenoxy) is 1. The van der Waals surface area contributed by atoms with E-state index in [0.717, 1.165) is 5.56 Å². The molecule has 0 saturated heterocycles. The van der Waals surface area contributed by atoms with Crippen molar-refractivity contribution >= 4 is 17.6 Å². The van der Waals surface area contributed by atoms with Crippen LogP contribution in [0.3, 0.4) is 0 Å². The highest BCUT2D eigenvalue weighted by atomic mass is 35.5. The highest BCUT2D eigenvalue weighted by Crippen LogP contribution is 2.31. The predicted molar refractivity (Wildman–Crippen MR) is 86.1 cm³/mol. The predicted octanol–water partition coefficient (Wildman–Crippen LogP) is 2.23. The summed E-state index contributed by atoms with van der Waals surface area (Å²) in [4.78, 5) is 4.23. The zero-order valence-electron chi connectivity index (χ0n) is 12.1. The lowest BCUT2D eigenvalue weighted by Crippen LogP contribution is -2.42. The molecular formula is C15H19ClN4O. The SMILES string of the molecule is CC(C)=CCOc1cc(C2(N)C=CNC(N)=N2)ccc1Cl. The molecule has 0 amide bonds. The van der Waals surface area contributed by atoms with E-state index in [1.54, 1.807) is 24.4 Å². The number of hydrogen-bond acceptors (Lipinski definition) is 5. The highest BCUT2D eigenvalue weighted by molar-refractivity contribution is 6.32. The smallest absolute Gasteiger partial charge is 0.195 e. The van der Waals surface area contributed by atoms with Gasteiger partial charge in [-0.3, -0.25) is 5.73 Å². The molecule has 6 heteroatoms. The van der Waals surface area contributed by atoms with Gasteiger partial charge in [-0.2, -0.15) is 0 Å². The van der Waals surface area contributed by atoms with Gasteiger partial charge in [0.05, 0.1) is 5.02 Å². The van der Waals surface area contributed by atoms with Crippen molar-refractivity contribution in [3.8, 4) is 5.75 Å². The second kappa shape index (κ2) is 6.20. The summed E-state index contributed by atoms with van der Waals surface area (Å²) in [5.74, 6) is 0.833. The van der Waals surface area contributed by atoms with Crippen LogP contribution in [-0.2, 0) is 5.66 Å². The van der Waals surface area contributed by atoms with Crippen molar-refractivity contribution in [3.63, 3.8) is 0 Å². The Balaban J connectivity index is 2.28. The Bertz CT molecular complexity index is 620. The second-order valence-corrected chi connectivity index (χ2v) is 5.44. The first-order valence-corrected chi connectivity index (χ1v) is 6.93. The first kappa shape index (κ1) is 15.4. The van der Waals surface area contributed by atoms with Crippen molar-refractivity contribution in [1.82, 2.24) is 5.32 Å². The van der Waals surface area contributed by atoms with E-state index >= 15 is 0 Å². The minimum Gasteiger partial charge on any atom is -0.488 e. The van der Waals surface area contributed by atoms with E-state index < -0.39 is 5.66 Å². The quantitative estimate of drug-likeness (QED) is 0.745. The van der Waals surface area contributed by atoms with Gasteiger partial charge in [-0.15, -0.1) is 0 Å². The van der Waals surface area contributed by atoms with Crippen molar-refractivity contribution in [2.24, 2.45) is 16.5 Å². The number of aliphatic imine (C=N–C) groups is 1. The third-order valence-electron chi connectivity index (χ3n) is 3.00. The maximum absolute atomic E-state index is 6.26. The number of nitrogens with two attached hydrogens (primary N) is 2. The Labute approximate surface area is 129 Å². The first-order chi connectivity index (χ1) is 9.90. The molecule has 1 atom stereocenters. The Morgan fingerprint density at radius 1 is 1.48 bits per heavy atom. The molecule has 21 heavy (non-hydrogen) atoms. The van der Waals surface area contributed by atoms with Gasteiger partial charge >= 0.3 is 0 Å². The standard InChI is InChI=1S/C15H19ClN4O/c1-10(2)5-8-21-13-9-11(3-4-12(13)16)15(18)6-7-19-14(17)20-15/h3-7,9H,8,18H2,1-2H3,(H3,17,19,20). The van der Waals surface area contributed by atoms with Crippen molar-refractivity contribution < 1.29 is 4.74 Å². The Hall–Kier alpha value is -1.98. The van der Waals surface area contributed by atoms with E-state index in [2.05, 4.69) is 10.3 Å². The summed E-state index contributed by atoms with van der Waals surface area (Å²) >= 11 is 6.15. The van der Waals surface area contributed by atoms with Gasteiger partial charge in [-0.25, -0.2) is 4.99 Å². The third-order valence-corrected chi connectivity index (χ3v) is 3.31. The molecule has 1 aliphatic heterocycles. The molecule has 0 spiro atoms. The van der Waals surface area contributed by atoms with Crippen molar-refractivity contribution in [2.45, 2.75) is 19.5 Å². The van der Waals surface area contributed by atoms with Gasteiger partial charge in [-0.1, -0.05) is 23.2 Å². The number of rotatable bonds is 4. The summed E-state index contributed by atoms with van der Waals surface area (Å²) < 4.78 is 5.67. The fourth-order valence-corrected chi connectivity index (χ4v) is 2.02. The molecule has 0 fully saturated rings. The van der Waals surface area contributed by atoms with Crippen LogP contribution in [0.5, 0.6) is 5.75 Å². The van der Waals surface area contributed by atoms with Crippen molar-refractivity contribution in [2.75, 3.05) is 6.61 Å². The number of hydrogen-bond donors (Lipinski definition) is 3. The molecule has 0 radical (unpaired) electrons. The van der Waals surface area contributed by atoms with Gasteiger partial charge in [-0.05, 0) is 38.1 Å². The molecule has 0 aliphatic carbocycles. The molecule has 2 rings (SSSR count). The molecule has 5 N–H and O–H groups in total. The van der Waals surface area contributed by atoms with Crippen LogP contribution < -0.4 is 21.5 Å². The molecule has 1 aromatic rings. The maximum Gasteiger partial charge on any atom is 0.195 e. The van der Waals surface area contributed by atoms with Gasteiger partial charge in [0, 0.05) is 11.8 Å². The number of allylic oxidation sites excluding steroid dienone is 1. The van der Waals surface area contributed by atoms with Gasteiger partial charge < -0.3 is 15.8 Å². The Morgan fingerprint density at radius 3 is 2.90 bits per heavy atom. The van der Waals surface area contributed by atoms with Gasteiger partial charge in [0.25, 0.3) is 0 Å². The molecule has 0 saturated carbocycles. The summed E-state index contributed by atoms with van der Waals surface area (Å²) in [7, 11) is 0. The van der Waals surface area contributed by atoms with Crippen molar-refractivity contribution in [1.29, 1.82) is 0 Å². The monoisotopic (exact) mass is 306 g/mol. The summed E-state index contributed by atoms with van der Waals surface area (Å²) in [5.41, 5.74) is 12.8. The van der Waals surface area contributed by atoms with Gasteiger partial charge in [0.15, 0.2) is 11.6 Å². The number of nitrogens with zero attached hydrogens (tertiary/aromatic N) is 1. The highest BCUT2D eigenvalue weighted by Gasteiger charge is 2.27. The average molecular weight is 307 g/mol. The van der Waals surface area contributed by atoms with Crippen LogP contribution in [0.25, 0.3) is 0 Å². The zero-order valence-corrected chi connectivity index (χ0v) is 12.8. The number of benzene rings is 1. The van der Waals surface area contributed by atoms with Crippen LogP contribution in [0.1, 0.15) is 19.4 Å². The molecule has 0 bridgehead atoms. The fourth-order valence-electron chi connectivity index (χ4n) is 1.84. The number of nitrogens with one attached hydrogen (secondary N) is 1. The average Bonchev–Trinajstić information content (AvgIpc) is 2.40. The van der Waals surface area contributed by atoms with Crippen LogP contribution >= 0.6 is 11.6 Å². The molecule has 5 nitrogen and oxygen atoms in total. The van der Waals surface area contributed by atoms with Crippen LogP contribution in [0.15, 0.2) is 47.1 Å². The van der Waals surface area contributed by atoms with Crippen LogP contribution in [-0.4, -0.2) is 12.6 Å². The minimum absolute atomic E-state index is 0.266. The van der Waals surface area contributed by atoms with E-state index in [9.17, 15) is 0 Å². The lowest BCUT2D eigenvalue weighted by molar-refractivity contribution is 0.361. The molecule has 1 aliphatic rings. The Kier molecular flexibility index (Phi) is 4.55. The fraction of sp³-hybridized carbons (Fsp3) is 0.267. The van der Waals surface area contributed by atoms with Crippen molar-refractivity contribution in [3.05, 3.63) is 52.7 Å². The summed E-state index contributed by atoms with van der Waals surface area (Å²) in [6, 6.07) is 5.33. The molecule has 0 aromatic heterocycles. The second-order valence-electron chi connectivity index (χ2n) is 5.04. The molecule has 1 aromatic carbocycles. The van der Waals surface area contributed by atoms with E-state index in [1.807, 2.05) is 26.0 Å². The number of guanidine groups is 1. The van der Waals surface area contributed by atoms with E-state index in [4.69, 9.17) is 27.8 Å². The van der Waals surface area contributed by atoms with E-state index in [0.29, 0.717) is 17.4 Å². The number of halogens is 1. The largest absolute Gasteiger partial charge is 0.488 e. The molecule has 112 valence electrons. The van der Waals surface area contributed by atoms with Gasteiger partial charge in [0.2, 0.25) is 0 Å². The van der Waals surface area contributed by atoms with E-state index in [1.165, 1.54) is 5.57 Å². The molecular weight excluding hydrogens is 288 g/mol. The zero-order chi connectivity index (χ0) is 15.5. The lowest BCUT2D eigenvalue weighted by Gasteiger charge is -2.26. The molecule has 1 heterocycles. The van der Waals surface area contributed by atoms with Crippen LogP contribution in [0.4, 0.5) is 0 Å². The normalized spacial score (nSPS) is 20.5. The Morgan fingerprint density at radius 2 is 2.24 bits per heavy atom. The third kappa shape index (κ3) is 3.77. The first-order valence-electron chi connectivity index (χ1n) is 6.55. The topological polar surface area (TPSA) is 85.7 Å². The van der Waals surface area contributed by atoms with Crippen LogP contribution in [0, 0.1) is 0 Å². The summed E-state index contributed by atoms with van der Waals surface area (Å²) in [5, 5.41) is 3.31.